The van der Waals surface area contributed by atoms with E-state index in [2.05, 4.69) is 0 Å². The maximum absolute atomic E-state index is 9.57. The van der Waals surface area contributed by atoms with Gasteiger partial charge in [0.05, 0.1) is 24.9 Å². The predicted molar refractivity (Wildman–Crippen MR) is 70.7 cm³/mol. The molecule has 0 amide bonds. The first-order valence-corrected chi connectivity index (χ1v) is 5.77. The van der Waals surface area contributed by atoms with Crippen LogP contribution in [0.5, 0.6) is 0 Å². The number of nitrogen functional groups attached to an aromatic ring is 2. The van der Waals surface area contributed by atoms with Gasteiger partial charge in [0.1, 0.15) is 0 Å². The van der Waals surface area contributed by atoms with E-state index in [0.717, 1.165) is 0 Å². The molecular weight excluding hydrogens is 234 g/mol. The van der Waals surface area contributed by atoms with Crippen molar-refractivity contribution in [2.45, 2.75) is 31.6 Å². The largest absolute Gasteiger partial charge is 0.398 e. The van der Waals surface area contributed by atoms with Gasteiger partial charge in [-0.25, -0.2) is 0 Å². The van der Waals surface area contributed by atoms with Crippen LogP contribution in [0.1, 0.15) is 24.1 Å². The van der Waals surface area contributed by atoms with Crippen LogP contribution in [-0.4, -0.2) is 34.1 Å². The van der Waals surface area contributed by atoms with Crippen LogP contribution in [0.4, 0.5) is 11.4 Å². The number of aliphatic hydroxyl groups excluding tert-OH is 3. The van der Waals surface area contributed by atoms with E-state index < -0.39 is 18.2 Å². The van der Waals surface area contributed by atoms with Crippen LogP contribution in [0.15, 0.2) is 12.1 Å². The molecule has 0 saturated carbocycles. The van der Waals surface area contributed by atoms with Crippen LogP contribution in [0.25, 0.3) is 0 Å². The first-order valence-electron chi connectivity index (χ1n) is 5.77. The molecule has 6 heteroatoms. The first-order chi connectivity index (χ1) is 8.38. The topological polar surface area (TPSA) is 139 Å². The SMILES string of the molecule is CC(O)C(N)c1c(N)ccc(N)c1CC(O)CO. The fourth-order valence-electron chi connectivity index (χ4n) is 1.86. The molecule has 0 bridgehead atoms. The second-order valence-electron chi connectivity index (χ2n) is 4.44. The fourth-order valence-corrected chi connectivity index (χ4v) is 1.86. The summed E-state index contributed by atoms with van der Waals surface area (Å²) in [6.45, 7) is 1.18. The van der Waals surface area contributed by atoms with E-state index in [4.69, 9.17) is 22.3 Å². The zero-order valence-electron chi connectivity index (χ0n) is 10.4. The van der Waals surface area contributed by atoms with E-state index in [1.165, 1.54) is 0 Å². The van der Waals surface area contributed by atoms with Crippen LogP contribution in [0.2, 0.25) is 0 Å². The summed E-state index contributed by atoms with van der Waals surface area (Å²) < 4.78 is 0. The zero-order chi connectivity index (χ0) is 13.9. The van der Waals surface area contributed by atoms with Gasteiger partial charge >= 0.3 is 0 Å². The summed E-state index contributed by atoms with van der Waals surface area (Å²) in [7, 11) is 0. The van der Waals surface area contributed by atoms with E-state index in [1.807, 2.05) is 0 Å². The molecular formula is C12H21N3O3. The van der Waals surface area contributed by atoms with Crippen molar-refractivity contribution in [1.82, 2.24) is 0 Å². The highest BCUT2D eigenvalue weighted by molar-refractivity contribution is 5.63. The number of rotatable bonds is 5. The van der Waals surface area contributed by atoms with Crippen molar-refractivity contribution in [3.8, 4) is 0 Å². The molecule has 0 fully saturated rings. The summed E-state index contributed by atoms with van der Waals surface area (Å²) >= 11 is 0. The second-order valence-corrected chi connectivity index (χ2v) is 4.44. The molecule has 0 aliphatic rings. The van der Waals surface area contributed by atoms with Crippen molar-refractivity contribution in [3.05, 3.63) is 23.3 Å². The third kappa shape index (κ3) is 3.11. The van der Waals surface area contributed by atoms with Crippen molar-refractivity contribution < 1.29 is 15.3 Å². The van der Waals surface area contributed by atoms with Gasteiger partial charge in [0.25, 0.3) is 0 Å². The standard InChI is InChI=1S/C12H21N3O3/c1-6(17)12(15)11-8(4-7(18)5-16)9(13)2-3-10(11)14/h2-3,6-7,12,16-18H,4-5,13-15H2,1H3. The van der Waals surface area contributed by atoms with Gasteiger partial charge in [-0.15, -0.1) is 0 Å². The van der Waals surface area contributed by atoms with Crippen molar-refractivity contribution >= 4 is 11.4 Å². The number of hydrogen-bond acceptors (Lipinski definition) is 6. The van der Waals surface area contributed by atoms with E-state index in [-0.39, 0.29) is 13.0 Å². The molecule has 9 N–H and O–H groups in total. The van der Waals surface area contributed by atoms with Crippen molar-refractivity contribution in [2.24, 2.45) is 5.73 Å². The van der Waals surface area contributed by atoms with Gasteiger partial charge in [-0.2, -0.15) is 0 Å². The molecule has 3 unspecified atom stereocenters. The lowest BCUT2D eigenvalue weighted by Gasteiger charge is -2.23. The minimum absolute atomic E-state index is 0.142. The number of nitrogens with two attached hydrogens (primary N) is 3. The van der Waals surface area contributed by atoms with Crippen LogP contribution in [0.3, 0.4) is 0 Å². The maximum atomic E-state index is 9.57. The van der Waals surface area contributed by atoms with Crippen LogP contribution < -0.4 is 17.2 Å². The quantitative estimate of drug-likeness (QED) is 0.378. The summed E-state index contributed by atoms with van der Waals surface area (Å²) in [4.78, 5) is 0. The highest BCUT2D eigenvalue weighted by Crippen LogP contribution is 2.30. The molecule has 0 aromatic heterocycles. The highest BCUT2D eigenvalue weighted by Gasteiger charge is 2.22. The predicted octanol–water partition coefficient (Wildman–Crippen LogP) is -0.873. The Morgan fingerprint density at radius 1 is 1.17 bits per heavy atom. The second kappa shape index (κ2) is 6.01. The summed E-state index contributed by atoms with van der Waals surface area (Å²) in [5.41, 5.74) is 19.5. The van der Waals surface area contributed by atoms with E-state index in [9.17, 15) is 10.2 Å². The third-order valence-corrected chi connectivity index (χ3v) is 2.93. The number of anilines is 2. The Kier molecular flexibility index (Phi) is 4.92. The van der Waals surface area contributed by atoms with Gasteiger partial charge in [0.2, 0.25) is 0 Å². The Bertz CT molecular complexity index is 410. The molecule has 0 aliphatic carbocycles. The highest BCUT2D eigenvalue weighted by atomic mass is 16.3. The van der Waals surface area contributed by atoms with Crippen molar-refractivity contribution in [1.29, 1.82) is 0 Å². The fraction of sp³-hybridized carbons (Fsp3) is 0.500. The smallest absolute Gasteiger partial charge is 0.0812 e. The molecule has 0 radical (unpaired) electrons. The Morgan fingerprint density at radius 2 is 1.72 bits per heavy atom. The minimum Gasteiger partial charge on any atom is -0.398 e. The van der Waals surface area contributed by atoms with Gasteiger partial charge in [0.15, 0.2) is 0 Å². The molecule has 6 nitrogen and oxygen atoms in total. The molecule has 1 aromatic rings. The van der Waals surface area contributed by atoms with E-state index in [1.54, 1.807) is 19.1 Å². The molecule has 3 atom stereocenters. The summed E-state index contributed by atoms with van der Waals surface area (Å²) in [6.07, 6.45) is -1.59. The average molecular weight is 255 g/mol. The van der Waals surface area contributed by atoms with Gasteiger partial charge in [0, 0.05) is 17.8 Å². The molecule has 1 rings (SSSR count). The Labute approximate surface area is 106 Å². The zero-order valence-corrected chi connectivity index (χ0v) is 10.4. The van der Waals surface area contributed by atoms with E-state index >= 15 is 0 Å². The van der Waals surface area contributed by atoms with Crippen LogP contribution in [0, 0.1) is 0 Å². The van der Waals surface area contributed by atoms with Crippen LogP contribution >= 0.6 is 0 Å². The lowest BCUT2D eigenvalue weighted by Crippen LogP contribution is -2.27. The van der Waals surface area contributed by atoms with Gasteiger partial charge in [-0.3, -0.25) is 0 Å². The molecule has 0 spiro atoms. The number of aliphatic hydroxyl groups is 3. The Hall–Kier alpha value is -1.34. The van der Waals surface area contributed by atoms with Gasteiger partial charge in [-0.05, 0) is 30.2 Å². The van der Waals surface area contributed by atoms with Crippen molar-refractivity contribution in [2.75, 3.05) is 18.1 Å². The Balaban J connectivity index is 3.24. The van der Waals surface area contributed by atoms with Crippen molar-refractivity contribution in [3.63, 3.8) is 0 Å². The third-order valence-electron chi connectivity index (χ3n) is 2.93. The molecule has 18 heavy (non-hydrogen) atoms. The number of benzene rings is 1. The van der Waals surface area contributed by atoms with Gasteiger partial charge < -0.3 is 32.5 Å². The average Bonchev–Trinajstić information content (AvgIpc) is 2.33. The monoisotopic (exact) mass is 255 g/mol. The Morgan fingerprint density at radius 3 is 2.22 bits per heavy atom. The normalized spacial score (nSPS) is 16.3. The molecule has 1 aromatic carbocycles. The summed E-state index contributed by atoms with van der Waals surface area (Å²) in [5, 5.41) is 28.0. The van der Waals surface area contributed by atoms with E-state index in [0.29, 0.717) is 22.5 Å². The molecule has 0 saturated heterocycles. The lowest BCUT2D eigenvalue weighted by molar-refractivity contribution is 0.0950. The summed E-state index contributed by atoms with van der Waals surface area (Å²) in [5.74, 6) is 0. The first kappa shape index (κ1) is 14.7. The van der Waals surface area contributed by atoms with Gasteiger partial charge in [-0.1, -0.05) is 0 Å². The minimum atomic E-state index is -0.936. The molecule has 0 aliphatic heterocycles. The molecule has 0 heterocycles. The molecule has 102 valence electrons. The summed E-state index contributed by atoms with van der Waals surface area (Å²) in [6, 6.07) is 2.55. The maximum Gasteiger partial charge on any atom is 0.0812 e. The van der Waals surface area contributed by atoms with Crippen LogP contribution in [-0.2, 0) is 6.42 Å². The lowest BCUT2D eigenvalue weighted by atomic mass is 9.91. The number of hydrogen-bond donors (Lipinski definition) is 6.